The molecule has 0 atom stereocenters. The van der Waals surface area contributed by atoms with E-state index < -0.39 is 0 Å². The fraction of sp³-hybridized carbons (Fsp3) is 0.222. The Morgan fingerprint density at radius 3 is 2.73 bits per heavy atom. The highest BCUT2D eigenvalue weighted by Crippen LogP contribution is 2.46. The summed E-state index contributed by atoms with van der Waals surface area (Å²) < 4.78 is 9.27. The second kappa shape index (κ2) is 9.22. The van der Waals surface area contributed by atoms with Gasteiger partial charge in [-0.15, -0.1) is 10.2 Å². The summed E-state index contributed by atoms with van der Waals surface area (Å²) in [5.41, 5.74) is 3.21. The summed E-state index contributed by atoms with van der Waals surface area (Å²) in [6.07, 6.45) is 3.10. The molecule has 1 N–H and O–H groups in total. The Hall–Kier alpha value is -4.42. The van der Waals surface area contributed by atoms with Crippen molar-refractivity contribution in [2.45, 2.75) is 31.7 Å². The van der Waals surface area contributed by atoms with Gasteiger partial charge in [-0.2, -0.15) is 5.26 Å². The largest absolute Gasteiger partial charge is 0.492 e. The van der Waals surface area contributed by atoms with Crippen molar-refractivity contribution in [3.63, 3.8) is 0 Å². The van der Waals surface area contributed by atoms with Gasteiger partial charge in [-0.3, -0.25) is 9.13 Å². The summed E-state index contributed by atoms with van der Waals surface area (Å²) in [5.74, 6) is 2.11. The van der Waals surface area contributed by atoms with E-state index in [1.807, 2.05) is 54.0 Å². The maximum absolute atomic E-state index is 12.8. The van der Waals surface area contributed by atoms with Gasteiger partial charge in [0.1, 0.15) is 17.3 Å². The normalized spacial score (nSPS) is 16.9. The number of nitrogens with one attached hydrogen (secondary N) is 1. The quantitative estimate of drug-likeness (QED) is 0.342. The average molecular weight is 512 g/mol. The molecule has 1 saturated carbocycles. The van der Waals surface area contributed by atoms with E-state index in [1.54, 1.807) is 22.9 Å². The fourth-order valence-corrected chi connectivity index (χ4v) is 5.15. The van der Waals surface area contributed by atoms with Crippen molar-refractivity contribution in [1.29, 1.82) is 5.26 Å². The summed E-state index contributed by atoms with van der Waals surface area (Å²) in [6, 6.07) is 18.6. The monoisotopic (exact) mass is 511 g/mol. The molecule has 37 heavy (non-hydrogen) atoms. The van der Waals surface area contributed by atoms with Crippen molar-refractivity contribution >= 4 is 22.6 Å². The molecule has 0 radical (unpaired) electrons. The van der Waals surface area contributed by atoms with Crippen LogP contribution in [0.25, 0.3) is 28.2 Å². The number of hydrogen-bond acceptors (Lipinski definition) is 6. The van der Waals surface area contributed by atoms with Crippen molar-refractivity contribution in [1.82, 2.24) is 29.3 Å². The number of halogens is 1. The van der Waals surface area contributed by atoms with Gasteiger partial charge < -0.3 is 9.72 Å². The van der Waals surface area contributed by atoms with Gasteiger partial charge in [-0.05, 0) is 62.2 Å². The first-order chi connectivity index (χ1) is 18.1. The average Bonchev–Trinajstić information content (AvgIpc) is 3.45. The summed E-state index contributed by atoms with van der Waals surface area (Å²) in [6.45, 7) is 2.48. The van der Waals surface area contributed by atoms with E-state index in [0.717, 1.165) is 17.0 Å². The third-order valence-corrected chi connectivity index (χ3v) is 7.07. The number of nitriles is 1. The molecular weight excluding hydrogens is 490 g/mol. The predicted octanol–water partition coefficient (Wildman–Crippen LogP) is 5.01. The van der Waals surface area contributed by atoms with Gasteiger partial charge in [0.05, 0.1) is 46.2 Å². The zero-order valence-corrected chi connectivity index (χ0v) is 20.7. The Balaban J connectivity index is 1.36. The standard InChI is InChI=1S/C27H22ClN7O2/c1-2-37-19-8-9-21(30-15-19)26-33-32-25(35(26)23-6-4-3-5-20(23)28)17-12-18(13-17)34-24-10-7-16(14-29)11-22(24)31-27(34)36/h3-11,15,17-18H,2,12-13H2,1H3,(H,31,36). The van der Waals surface area contributed by atoms with E-state index in [9.17, 15) is 10.1 Å². The summed E-state index contributed by atoms with van der Waals surface area (Å²) in [4.78, 5) is 20.2. The summed E-state index contributed by atoms with van der Waals surface area (Å²) in [5, 5.41) is 18.8. The predicted molar refractivity (Wildman–Crippen MR) is 139 cm³/mol. The maximum atomic E-state index is 12.8. The number of fused-ring (bicyclic) bond motifs is 1. The van der Waals surface area contributed by atoms with Gasteiger partial charge in [0.25, 0.3) is 0 Å². The molecule has 0 spiro atoms. The lowest BCUT2D eigenvalue weighted by atomic mass is 9.79. The molecule has 0 unspecified atom stereocenters. The SMILES string of the molecule is CCOc1ccc(-c2nnc(C3CC(n4c(=O)[nH]c5cc(C#N)ccc54)C3)n2-c2ccccc2Cl)nc1. The molecule has 0 aliphatic heterocycles. The zero-order valence-electron chi connectivity index (χ0n) is 19.9. The minimum absolute atomic E-state index is 0.00244. The van der Waals surface area contributed by atoms with Crippen LogP contribution in [0.2, 0.25) is 5.02 Å². The molecule has 10 heteroatoms. The first kappa shape index (κ1) is 23.0. The van der Waals surface area contributed by atoms with E-state index >= 15 is 0 Å². The Morgan fingerprint density at radius 1 is 1.16 bits per heavy atom. The molecule has 3 heterocycles. The van der Waals surface area contributed by atoms with Gasteiger partial charge in [-0.1, -0.05) is 23.7 Å². The lowest BCUT2D eigenvalue weighted by Crippen LogP contribution is -2.32. The number of rotatable bonds is 6. The van der Waals surface area contributed by atoms with Gasteiger partial charge in [-0.25, -0.2) is 9.78 Å². The van der Waals surface area contributed by atoms with Crippen LogP contribution in [0.1, 0.15) is 43.1 Å². The molecule has 1 aliphatic carbocycles. The number of imidazole rings is 1. The Morgan fingerprint density at radius 2 is 2.00 bits per heavy atom. The van der Waals surface area contributed by atoms with Gasteiger partial charge in [0.15, 0.2) is 5.82 Å². The first-order valence-electron chi connectivity index (χ1n) is 12.0. The van der Waals surface area contributed by atoms with E-state index in [0.29, 0.717) is 52.8 Å². The highest BCUT2D eigenvalue weighted by atomic mass is 35.5. The minimum atomic E-state index is -0.180. The van der Waals surface area contributed by atoms with Crippen LogP contribution in [0.5, 0.6) is 5.75 Å². The zero-order chi connectivity index (χ0) is 25.5. The highest BCUT2D eigenvalue weighted by Gasteiger charge is 2.38. The third-order valence-electron chi connectivity index (χ3n) is 6.75. The van der Waals surface area contributed by atoms with Crippen molar-refractivity contribution < 1.29 is 4.74 Å². The summed E-state index contributed by atoms with van der Waals surface area (Å²) >= 11 is 6.61. The van der Waals surface area contributed by atoms with Crippen LogP contribution in [0.3, 0.4) is 0 Å². The Labute approximate surface area is 216 Å². The van der Waals surface area contributed by atoms with Gasteiger partial charge >= 0.3 is 5.69 Å². The second-order valence-electron chi connectivity index (χ2n) is 8.95. The number of aromatic nitrogens is 6. The Bertz CT molecular complexity index is 1710. The van der Waals surface area contributed by atoms with Crippen LogP contribution < -0.4 is 10.4 Å². The molecule has 5 aromatic rings. The van der Waals surface area contributed by atoms with Crippen LogP contribution in [0.15, 0.2) is 65.6 Å². The van der Waals surface area contributed by atoms with Gasteiger partial charge in [0, 0.05) is 12.0 Å². The number of hydrogen-bond donors (Lipinski definition) is 1. The van der Waals surface area contributed by atoms with Crippen molar-refractivity contribution in [2.24, 2.45) is 0 Å². The fourth-order valence-electron chi connectivity index (χ4n) is 4.93. The number of para-hydroxylation sites is 1. The number of pyridine rings is 1. The van der Waals surface area contributed by atoms with Crippen molar-refractivity contribution in [3.8, 4) is 29.0 Å². The van der Waals surface area contributed by atoms with Crippen molar-refractivity contribution in [3.05, 3.63) is 87.7 Å². The molecule has 6 rings (SSSR count). The number of nitrogens with zero attached hydrogens (tertiary/aromatic N) is 6. The van der Waals surface area contributed by atoms with Crippen molar-refractivity contribution in [2.75, 3.05) is 6.61 Å². The molecule has 3 aromatic heterocycles. The molecule has 0 bridgehead atoms. The molecule has 0 saturated heterocycles. The molecule has 184 valence electrons. The maximum Gasteiger partial charge on any atom is 0.326 e. The molecule has 1 aliphatic rings. The number of aromatic amines is 1. The number of benzene rings is 2. The van der Waals surface area contributed by atoms with Crippen LogP contribution in [-0.2, 0) is 0 Å². The third kappa shape index (κ3) is 3.96. The topological polar surface area (TPSA) is 114 Å². The molecule has 1 fully saturated rings. The lowest BCUT2D eigenvalue weighted by molar-refractivity contribution is 0.254. The minimum Gasteiger partial charge on any atom is -0.492 e. The van der Waals surface area contributed by atoms with Gasteiger partial charge in [0.2, 0.25) is 0 Å². The first-order valence-corrected chi connectivity index (χ1v) is 12.4. The molecular formula is C27H22ClN7O2. The smallest absolute Gasteiger partial charge is 0.326 e. The van der Waals surface area contributed by atoms with E-state index in [4.69, 9.17) is 16.3 Å². The van der Waals surface area contributed by atoms with Crippen LogP contribution in [0, 0.1) is 11.3 Å². The van der Waals surface area contributed by atoms with Crippen LogP contribution in [-0.4, -0.2) is 35.9 Å². The Kier molecular flexibility index (Phi) is 5.74. The molecule has 2 aromatic carbocycles. The summed E-state index contributed by atoms with van der Waals surface area (Å²) in [7, 11) is 0. The van der Waals surface area contributed by atoms with E-state index in [1.165, 1.54) is 0 Å². The molecule has 0 amide bonds. The van der Waals surface area contributed by atoms with E-state index in [2.05, 4.69) is 26.2 Å². The van der Waals surface area contributed by atoms with Crippen LogP contribution in [0.4, 0.5) is 0 Å². The van der Waals surface area contributed by atoms with E-state index in [-0.39, 0.29) is 17.6 Å². The second-order valence-corrected chi connectivity index (χ2v) is 9.35. The highest BCUT2D eigenvalue weighted by molar-refractivity contribution is 6.32. The van der Waals surface area contributed by atoms with Crippen LogP contribution >= 0.6 is 11.6 Å². The number of ether oxygens (including phenoxy) is 1. The number of H-pyrrole nitrogens is 1. The molecule has 9 nitrogen and oxygen atoms in total. The lowest BCUT2D eigenvalue weighted by Gasteiger charge is -2.35.